The molecule has 0 amide bonds. The van der Waals surface area contributed by atoms with Gasteiger partial charge in [-0.25, -0.2) is 0 Å². The number of hydrogen-bond acceptors (Lipinski definition) is 1. The van der Waals surface area contributed by atoms with Crippen molar-refractivity contribution in [1.29, 1.82) is 0 Å². The molecule has 1 saturated heterocycles. The Morgan fingerprint density at radius 3 is 2.45 bits per heavy atom. The van der Waals surface area contributed by atoms with E-state index >= 15 is 0 Å². The average Bonchev–Trinajstić information content (AvgIpc) is 2.97. The van der Waals surface area contributed by atoms with Gasteiger partial charge in [-0.1, -0.05) is 54.1 Å². The zero-order valence-corrected chi connectivity index (χ0v) is 22.7. The Balaban J connectivity index is 0.00000240. The van der Waals surface area contributed by atoms with Crippen molar-refractivity contribution >= 4 is 17.7 Å². The monoisotopic (exact) mass is 620 g/mol. The van der Waals surface area contributed by atoms with E-state index in [0.29, 0.717) is 5.92 Å². The smallest absolute Gasteiger partial charge is 0.0406 e. The molecule has 0 aliphatic carbocycles. The first-order chi connectivity index (χ1) is 13.8. The maximum Gasteiger partial charge on any atom is 0.0406 e. The van der Waals surface area contributed by atoms with Crippen LogP contribution >= 0.6 is 11.6 Å². The van der Waals surface area contributed by atoms with Crippen LogP contribution in [-0.2, 0) is 12.8 Å². The normalized spacial score (nSPS) is 18.2. The molecule has 2 aromatic carbocycles. The molecule has 0 atom stereocenters. The SMILES string of the molecule is Clc1ccc(C2CCN(CC/C=C/c3ccc4c(c3)CC[N-]CC4)CC2)cc1.[Ac]. The van der Waals surface area contributed by atoms with Crippen molar-refractivity contribution in [2.24, 2.45) is 0 Å². The number of fused-ring (bicyclic) bond motifs is 1. The van der Waals surface area contributed by atoms with E-state index in [2.05, 4.69) is 52.7 Å². The molecule has 2 aliphatic rings. The number of rotatable bonds is 5. The summed E-state index contributed by atoms with van der Waals surface area (Å²) < 4.78 is 0. The summed E-state index contributed by atoms with van der Waals surface area (Å²) >= 11 is 6.01. The van der Waals surface area contributed by atoms with Crippen LogP contribution in [0.25, 0.3) is 11.4 Å². The summed E-state index contributed by atoms with van der Waals surface area (Å²) in [6.45, 7) is 5.52. The van der Waals surface area contributed by atoms with Gasteiger partial charge in [-0.05, 0) is 85.5 Å². The van der Waals surface area contributed by atoms with E-state index in [-0.39, 0.29) is 44.1 Å². The minimum absolute atomic E-state index is 0. The zero-order valence-electron chi connectivity index (χ0n) is 17.2. The summed E-state index contributed by atoms with van der Waals surface area (Å²) in [4.78, 5) is 2.61. The Morgan fingerprint density at radius 1 is 0.966 bits per heavy atom. The molecular formula is C25H30AcClN2-. The third-order valence-corrected chi connectivity index (χ3v) is 6.41. The molecule has 2 aliphatic heterocycles. The predicted octanol–water partition coefficient (Wildman–Crippen LogP) is 6.10. The third-order valence-electron chi connectivity index (χ3n) is 6.16. The van der Waals surface area contributed by atoms with E-state index in [9.17, 15) is 0 Å². The van der Waals surface area contributed by atoms with Crippen LogP contribution in [0.3, 0.4) is 0 Å². The van der Waals surface area contributed by atoms with Crippen molar-refractivity contribution in [3.63, 3.8) is 0 Å². The number of nitrogens with zero attached hydrogens (tertiary/aromatic N) is 2. The fourth-order valence-corrected chi connectivity index (χ4v) is 4.56. The van der Waals surface area contributed by atoms with Crippen LogP contribution in [0.15, 0.2) is 48.5 Å². The summed E-state index contributed by atoms with van der Waals surface area (Å²) in [5, 5.41) is 5.37. The van der Waals surface area contributed by atoms with Crippen LogP contribution in [0, 0.1) is 44.1 Å². The van der Waals surface area contributed by atoms with Crippen LogP contribution in [0.2, 0.25) is 5.02 Å². The number of halogens is 1. The van der Waals surface area contributed by atoms with Crippen molar-refractivity contribution in [3.05, 3.63) is 81.1 Å². The summed E-state index contributed by atoms with van der Waals surface area (Å²) in [5.41, 5.74) is 5.76. The van der Waals surface area contributed by atoms with Crippen LogP contribution in [-0.4, -0.2) is 37.6 Å². The number of likely N-dealkylation sites (tertiary alicyclic amines) is 1. The Bertz CT molecular complexity index is 795. The average molecular weight is 621 g/mol. The standard InChI is InChI=1S/C25H30ClN2.Ac/c26-25-8-6-21(7-9-25)23-12-17-28(18-13-23)16-2-1-3-20-4-5-22-10-14-27-15-11-24(22)19-20;/h1,3-9,19,23H,2,10-18H2;/q-1;/b3-1+;. The molecular weight excluding hydrogens is 591 g/mol. The van der Waals surface area contributed by atoms with Crippen molar-refractivity contribution in [2.75, 3.05) is 32.7 Å². The Hall–Kier alpha value is -0.168. The summed E-state index contributed by atoms with van der Waals surface area (Å²) in [5.74, 6) is 0.690. The van der Waals surface area contributed by atoms with Gasteiger partial charge >= 0.3 is 0 Å². The van der Waals surface area contributed by atoms with Crippen LogP contribution < -0.4 is 0 Å². The molecule has 151 valence electrons. The molecule has 0 N–H and O–H groups in total. The molecule has 1 fully saturated rings. The minimum atomic E-state index is 0. The number of piperidine rings is 1. The number of benzene rings is 2. The maximum atomic E-state index is 6.01. The summed E-state index contributed by atoms with van der Waals surface area (Å²) in [6.07, 6.45) is 10.5. The van der Waals surface area contributed by atoms with Gasteiger partial charge in [0.15, 0.2) is 0 Å². The molecule has 0 unspecified atom stereocenters. The maximum absolute atomic E-state index is 6.01. The molecule has 4 heteroatoms. The zero-order chi connectivity index (χ0) is 19.2. The predicted molar refractivity (Wildman–Crippen MR) is 120 cm³/mol. The second-order valence-corrected chi connectivity index (χ2v) is 8.49. The van der Waals surface area contributed by atoms with E-state index in [1.807, 2.05) is 12.1 Å². The first-order valence-corrected chi connectivity index (χ1v) is 11.1. The Kier molecular flexibility index (Phi) is 9.74. The van der Waals surface area contributed by atoms with E-state index in [4.69, 9.17) is 11.6 Å². The Morgan fingerprint density at radius 2 is 1.69 bits per heavy atom. The van der Waals surface area contributed by atoms with Crippen LogP contribution in [0.4, 0.5) is 0 Å². The van der Waals surface area contributed by atoms with Crippen LogP contribution in [0.1, 0.15) is 47.4 Å². The van der Waals surface area contributed by atoms with Gasteiger partial charge in [0.25, 0.3) is 0 Å². The molecule has 0 spiro atoms. The van der Waals surface area contributed by atoms with Crippen molar-refractivity contribution < 1.29 is 44.1 Å². The molecule has 1 radical (unpaired) electrons. The number of hydrogen-bond donors (Lipinski definition) is 0. The Labute approximate surface area is 216 Å². The fraction of sp³-hybridized carbons (Fsp3) is 0.440. The van der Waals surface area contributed by atoms with Gasteiger partial charge < -0.3 is 10.2 Å². The van der Waals surface area contributed by atoms with E-state index in [0.717, 1.165) is 43.9 Å². The van der Waals surface area contributed by atoms with E-state index < -0.39 is 0 Å². The molecule has 2 heterocycles. The molecule has 0 bridgehead atoms. The van der Waals surface area contributed by atoms with Gasteiger partial charge in [0, 0.05) is 55.6 Å². The molecule has 2 nitrogen and oxygen atoms in total. The summed E-state index contributed by atoms with van der Waals surface area (Å²) in [6, 6.07) is 15.4. The largest absolute Gasteiger partial charge is 0.662 e. The van der Waals surface area contributed by atoms with Crippen molar-refractivity contribution in [2.45, 2.75) is 38.0 Å². The van der Waals surface area contributed by atoms with Gasteiger partial charge in [-0.3, -0.25) is 0 Å². The minimum Gasteiger partial charge on any atom is -0.662 e. The quantitative estimate of drug-likeness (QED) is 0.395. The van der Waals surface area contributed by atoms with Gasteiger partial charge in [0.1, 0.15) is 0 Å². The van der Waals surface area contributed by atoms with E-state index in [1.165, 1.54) is 48.2 Å². The molecule has 0 saturated carbocycles. The van der Waals surface area contributed by atoms with Gasteiger partial charge in [-0.2, -0.15) is 0 Å². The molecule has 29 heavy (non-hydrogen) atoms. The third kappa shape index (κ3) is 6.91. The van der Waals surface area contributed by atoms with Gasteiger partial charge in [0.2, 0.25) is 0 Å². The second-order valence-electron chi connectivity index (χ2n) is 8.06. The second kappa shape index (κ2) is 12.0. The molecule has 0 aromatic heterocycles. The van der Waals surface area contributed by atoms with Crippen molar-refractivity contribution in [1.82, 2.24) is 4.90 Å². The first kappa shape index (κ1) is 23.5. The molecule has 2 aromatic rings. The van der Waals surface area contributed by atoms with Crippen LogP contribution in [0.5, 0.6) is 0 Å². The van der Waals surface area contributed by atoms with Gasteiger partial charge in [-0.15, -0.1) is 13.1 Å². The van der Waals surface area contributed by atoms with Crippen molar-refractivity contribution in [3.8, 4) is 0 Å². The summed E-state index contributed by atoms with van der Waals surface area (Å²) in [7, 11) is 0. The first-order valence-electron chi connectivity index (χ1n) is 10.7. The van der Waals surface area contributed by atoms with Gasteiger partial charge in [0.05, 0.1) is 0 Å². The fourth-order valence-electron chi connectivity index (χ4n) is 4.44. The molecule has 4 rings (SSSR count). The topological polar surface area (TPSA) is 17.3 Å². The van der Waals surface area contributed by atoms with E-state index in [1.54, 1.807) is 0 Å².